The molecule has 1 aromatic rings. The van der Waals surface area contributed by atoms with Crippen molar-refractivity contribution in [3.8, 4) is 0 Å². The zero-order valence-corrected chi connectivity index (χ0v) is 13.1. The van der Waals surface area contributed by atoms with Gasteiger partial charge in [0.25, 0.3) is 0 Å². The molecule has 1 aromatic carbocycles. The third-order valence-corrected chi connectivity index (χ3v) is 6.72. The highest BCUT2D eigenvalue weighted by molar-refractivity contribution is 7.88. The van der Waals surface area contributed by atoms with Gasteiger partial charge >= 0.3 is 5.97 Å². The molecule has 0 saturated carbocycles. The molecule has 2 saturated heterocycles. The van der Waals surface area contributed by atoms with Crippen LogP contribution in [0.5, 0.6) is 0 Å². The maximum atomic E-state index is 13.8. The molecule has 2 fully saturated rings. The molecule has 0 aromatic heterocycles. The van der Waals surface area contributed by atoms with Crippen molar-refractivity contribution < 1.29 is 22.7 Å². The first-order valence-corrected chi connectivity index (χ1v) is 8.97. The Labute approximate surface area is 132 Å². The van der Waals surface area contributed by atoms with Gasteiger partial charge in [0.05, 0.1) is 11.7 Å². The summed E-state index contributed by atoms with van der Waals surface area (Å²) in [5, 5.41) is 9.25. The van der Waals surface area contributed by atoms with Gasteiger partial charge in [0.2, 0.25) is 10.0 Å². The van der Waals surface area contributed by atoms with Crippen LogP contribution < -0.4 is 0 Å². The summed E-state index contributed by atoms with van der Waals surface area (Å²) in [6, 6.07) is 3.18. The van der Waals surface area contributed by atoms with E-state index in [2.05, 4.69) is 0 Å². The van der Waals surface area contributed by atoms with Crippen molar-refractivity contribution in [2.24, 2.45) is 5.92 Å². The van der Waals surface area contributed by atoms with E-state index in [9.17, 15) is 22.7 Å². The third kappa shape index (κ3) is 2.51. The number of rotatable bonds is 4. The number of aliphatic carboxylic acids is 1. The molecular formula is C14H15ClFNO4S. The summed E-state index contributed by atoms with van der Waals surface area (Å²) in [6.07, 6.45) is 1.51. The first-order chi connectivity index (χ1) is 10.3. The Morgan fingerprint density at radius 2 is 2.14 bits per heavy atom. The highest BCUT2D eigenvalue weighted by Gasteiger charge is 2.54. The van der Waals surface area contributed by atoms with Crippen molar-refractivity contribution in [1.29, 1.82) is 0 Å². The molecule has 5 nitrogen and oxygen atoms in total. The lowest BCUT2D eigenvalue weighted by Crippen LogP contribution is -2.38. The molecule has 0 aliphatic carbocycles. The van der Waals surface area contributed by atoms with Gasteiger partial charge in [0.15, 0.2) is 0 Å². The van der Waals surface area contributed by atoms with Crippen LogP contribution in [0.3, 0.4) is 0 Å². The van der Waals surface area contributed by atoms with Crippen molar-refractivity contribution >= 4 is 27.6 Å². The number of sulfonamides is 1. The van der Waals surface area contributed by atoms with E-state index in [0.29, 0.717) is 19.3 Å². The van der Waals surface area contributed by atoms with Crippen LogP contribution in [0.2, 0.25) is 5.02 Å². The molecular weight excluding hydrogens is 333 g/mol. The van der Waals surface area contributed by atoms with E-state index in [1.54, 1.807) is 0 Å². The van der Waals surface area contributed by atoms with Crippen LogP contribution in [0.25, 0.3) is 0 Å². The molecule has 0 spiro atoms. The first kappa shape index (κ1) is 15.7. The van der Waals surface area contributed by atoms with E-state index in [4.69, 9.17) is 11.6 Å². The minimum atomic E-state index is -3.81. The average Bonchev–Trinajstić information content (AvgIpc) is 3.01. The maximum Gasteiger partial charge on any atom is 0.308 e. The van der Waals surface area contributed by atoms with Crippen LogP contribution in [-0.2, 0) is 20.6 Å². The summed E-state index contributed by atoms with van der Waals surface area (Å²) in [5.74, 6) is -2.86. The number of fused-ring (bicyclic) bond motifs is 2. The van der Waals surface area contributed by atoms with Crippen molar-refractivity contribution in [2.45, 2.75) is 37.1 Å². The number of carbonyl (C=O) groups is 1. The highest BCUT2D eigenvalue weighted by atomic mass is 35.5. The number of hydrogen-bond acceptors (Lipinski definition) is 3. The molecule has 8 heteroatoms. The van der Waals surface area contributed by atoms with Gasteiger partial charge in [-0.15, -0.1) is 0 Å². The Bertz CT molecular complexity index is 703. The van der Waals surface area contributed by atoms with Gasteiger partial charge < -0.3 is 5.11 Å². The molecule has 2 bridgehead atoms. The minimum Gasteiger partial charge on any atom is -0.481 e. The molecule has 3 atom stereocenters. The second kappa shape index (κ2) is 5.47. The fourth-order valence-corrected chi connectivity index (χ4v) is 5.99. The molecule has 22 heavy (non-hydrogen) atoms. The normalized spacial score (nSPS) is 28.2. The molecule has 1 N–H and O–H groups in total. The van der Waals surface area contributed by atoms with Crippen molar-refractivity contribution in [3.63, 3.8) is 0 Å². The Morgan fingerprint density at radius 1 is 1.41 bits per heavy atom. The van der Waals surface area contributed by atoms with Gasteiger partial charge in [-0.05, 0) is 31.4 Å². The molecule has 0 radical (unpaired) electrons. The number of carboxylic acids is 1. The van der Waals surface area contributed by atoms with E-state index >= 15 is 0 Å². The highest BCUT2D eigenvalue weighted by Crippen LogP contribution is 2.44. The fraction of sp³-hybridized carbons (Fsp3) is 0.500. The van der Waals surface area contributed by atoms with E-state index < -0.39 is 39.5 Å². The number of halogens is 2. The first-order valence-electron chi connectivity index (χ1n) is 6.98. The SMILES string of the molecule is O=C(O)C1CC2CCC1N2S(=O)(=O)Cc1c(F)cccc1Cl. The van der Waals surface area contributed by atoms with Crippen LogP contribution >= 0.6 is 11.6 Å². The zero-order valence-electron chi connectivity index (χ0n) is 11.6. The van der Waals surface area contributed by atoms with Gasteiger partial charge in [-0.2, -0.15) is 4.31 Å². The Kier molecular flexibility index (Phi) is 3.91. The Hall–Kier alpha value is -1.18. The number of benzene rings is 1. The number of nitrogens with zero attached hydrogens (tertiary/aromatic N) is 1. The molecule has 0 amide bonds. The van der Waals surface area contributed by atoms with Crippen LogP contribution in [0.1, 0.15) is 24.8 Å². The van der Waals surface area contributed by atoms with Gasteiger partial charge in [-0.3, -0.25) is 4.79 Å². The van der Waals surface area contributed by atoms with E-state index in [1.807, 2.05) is 0 Å². The quantitative estimate of drug-likeness (QED) is 0.906. The van der Waals surface area contributed by atoms with Gasteiger partial charge in [0.1, 0.15) is 5.82 Å². The predicted octanol–water partition coefficient (Wildman–Crippen LogP) is 2.25. The van der Waals surface area contributed by atoms with Crippen LogP contribution in [0.4, 0.5) is 4.39 Å². The number of carboxylic acid groups (broad SMARTS) is 1. The van der Waals surface area contributed by atoms with E-state index in [-0.39, 0.29) is 16.6 Å². The maximum absolute atomic E-state index is 13.8. The molecule has 2 aliphatic rings. The zero-order chi connectivity index (χ0) is 16.1. The van der Waals surface area contributed by atoms with Crippen molar-refractivity contribution in [3.05, 3.63) is 34.6 Å². The largest absolute Gasteiger partial charge is 0.481 e. The minimum absolute atomic E-state index is 0.0601. The molecule has 3 rings (SSSR count). The fourth-order valence-electron chi connectivity index (χ4n) is 3.56. The summed E-state index contributed by atoms with van der Waals surface area (Å²) in [6.45, 7) is 0. The average molecular weight is 348 g/mol. The standard InChI is InChI=1S/C14H15ClFNO4S/c15-11-2-1-3-12(16)10(11)7-22(20,21)17-8-4-5-13(17)9(6-8)14(18)19/h1-3,8-9,13H,4-7H2,(H,18,19). The summed E-state index contributed by atoms with van der Waals surface area (Å²) in [5.41, 5.74) is -0.0673. The van der Waals surface area contributed by atoms with Gasteiger partial charge in [-0.1, -0.05) is 17.7 Å². The van der Waals surface area contributed by atoms with Gasteiger partial charge in [0, 0.05) is 22.7 Å². The van der Waals surface area contributed by atoms with E-state index in [0.717, 1.165) is 6.07 Å². The lowest BCUT2D eigenvalue weighted by Gasteiger charge is -2.22. The predicted molar refractivity (Wildman–Crippen MR) is 78.4 cm³/mol. The molecule has 3 unspecified atom stereocenters. The summed E-state index contributed by atoms with van der Waals surface area (Å²) >= 11 is 5.89. The van der Waals surface area contributed by atoms with E-state index in [1.165, 1.54) is 16.4 Å². The van der Waals surface area contributed by atoms with Gasteiger partial charge in [-0.25, -0.2) is 12.8 Å². The lowest BCUT2D eigenvalue weighted by molar-refractivity contribution is -0.142. The number of hydrogen-bond donors (Lipinski definition) is 1. The summed E-state index contributed by atoms with van der Waals surface area (Å²) < 4.78 is 40.4. The second-order valence-electron chi connectivity index (χ2n) is 5.77. The smallest absolute Gasteiger partial charge is 0.308 e. The third-order valence-electron chi connectivity index (χ3n) is 4.50. The van der Waals surface area contributed by atoms with Crippen LogP contribution in [-0.4, -0.2) is 35.9 Å². The van der Waals surface area contributed by atoms with Crippen molar-refractivity contribution in [2.75, 3.05) is 0 Å². The second-order valence-corrected chi connectivity index (χ2v) is 8.05. The Balaban J connectivity index is 1.90. The Morgan fingerprint density at radius 3 is 2.73 bits per heavy atom. The summed E-state index contributed by atoms with van der Waals surface area (Å²) in [7, 11) is -3.81. The molecule has 2 heterocycles. The monoisotopic (exact) mass is 347 g/mol. The summed E-state index contributed by atoms with van der Waals surface area (Å²) in [4.78, 5) is 11.2. The molecule has 120 valence electrons. The van der Waals surface area contributed by atoms with Crippen LogP contribution in [0.15, 0.2) is 18.2 Å². The lowest BCUT2D eigenvalue weighted by atomic mass is 9.89. The topological polar surface area (TPSA) is 74.7 Å². The molecule has 2 aliphatic heterocycles. The van der Waals surface area contributed by atoms with Crippen molar-refractivity contribution in [1.82, 2.24) is 4.31 Å². The van der Waals surface area contributed by atoms with Crippen LogP contribution in [0, 0.1) is 11.7 Å².